The van der Waals surface area contributed by atoms with E-state index in [4.69, 9.17) is 0 Å². The summed E-state index contributed by atoms with van der Waals surface area (Å²) in [6.45, 7) is 1.28. The minimum Gasteiger partial charge on any atom is -0.511 e. The molecule has 0 saturated heterocycles. The first-order valence-electron chi connectivity index (χ1n) is 11.6. The third-order valence-electron chi connectivity index (χ3n) is 7.21. The molecule has 1 amide bonds. The van der Waals surface area contributed by atoms with Crippen molar-refractivity contribution in [3.8, 4) is 0 Å². The molecule has 3 heterocycles. The van der Waals surface area contributed by atoms with Crippen molar-refractivity contribution < 1.29 is 35.5 Å². The Kier molecular flexibility index (Phi) is 6.40. The minimum absolute atomic E-state index is 0.0714. The van der Waals surface area contributed by atoms with Gasteiger partial charge in [-0.15, -0.1) is 15.7 Å². The molecule has 38 heavy (non-hydrogen) atoms. The predicted octanol–water partition coefficient (Wildman–Crippen LogP) is 3.00. The Bertz CT molecular complexity index is 1630. The fourth-order valence-corrected chi connectivity index (χ4v) is 8.36. The largest absolute Gasteiger partial charge is 0.511 e. The first kappa shape index (κ1) is 26.7. The number of rotatable bonds is 6. The lowest BCUT2D eigenvalue weighted by atomic mass is 9.79. The Morgan fingerprint density at radius 2 is 2.05 bits per heavy atom. The molecule has 0 unspecified atom stereocenters. The standard InChI is InChI=1S/C23H24F2N4O6S3/c1-23-7-3-4-15(23)18(30)17(22(31)29(23)10-12-5-6-14(24)8-16(12)25)20-27-21-19(38(34,35)28-20)13(11-36-21)9-26-37(2,32)33/h5-6,8,11,15,26,30H,3-4,7,9-10H2,1-2H3,(H,27,28)/t15-,23-/m0/s1. The quantitative estimate of drug-likeness (QED) is 0.472. The molecular formula is C23H24F2N4O6S3. The van der Waals surface area contributed by atoms with Gasteiger partial charge in [-0.25, -0.2) is 21.9 Å². The van der Waals surface area contributed by atoms with Crippen molar-refractivity contribution in [1.82, 2.24) is 9.62 Å². The fraction of sp³-hybridized carbons (Fsp3) is 0.391. The van der Waals surface area contributed by atoms with E-state index in [1.807, 2.05) is 0 Å². The van der Waals surface area contributed by atoms with Crippen LogP contribution in [0.25, 0.3) is 0 Å². The van der Waals surface area contributed by atoms with Gasteiger partial charge in [0.1, 0.15) is 32.9 Å². The fourth-order valence-electron chi connectivity index (χ4n) is 5.34. The van der Waals surface area contributed by atoms with Crippen LogP contribution in [-0.2, 0) is 37.9 Å². The molecule has 15 heteroatoms. The van der Waals surface area contributed by atoms with Crippen LogP contribution in [-0.4, -0.2) is 50.4 Å². The van der Waals surface area contributed by atoms with Crippen molar-refractivity contribution in [2.75, 3.05) is 11.6 Å². The van der Waals surface area contributed by atoms with E-state index in [1.54, 1.807) is 6.92 Å². The van der Waals surface area contributed by atoms with E-state index in [2.05, 4.69) is 14.4 Å². The SMILES string of the molecule is C[C@]12CCC[C@H]1C(O)=C(C1=NS(=O)(=O)c3c(CNS(C)(=O)=O)csc3N1)C(=O)N2Cc1ccc(F)cc1F. The van der Waals surface area contributed by atoms with Crippen LogP contribution >= 0.6 is 11.3 Å². The number of hydrogen-bond donors (Lipinski definition) is 3. The molecule has 2 aromatic rings. The smallest absolute Gasteiger partial charge is 0.287 e. The van der Waals surface area contributed by atoms with Gasteiger partial charge < -0.3 is 15.3 Å². The molecule has 1 fully saturated rings. The number of thiophene rings is 1. The van der Waals surface area contributed by atoms with Crippen LogP contribution in [0.4, 0.5) is 13.8 Å². The maximum absolute atomic E-state index is 14.5. The molecule has 0 bridgehead atoms. The highest BCUT2D eigenvalue weighted by Gasteiger charge is 2.54. The highest BCUT2D eigenvalue weighted by Crippen LogP contribution is 2.49. The van der Waals surface area contributed by atoms with Crippen LogP contribution in [0.1, 0.15) is 37.3 Å². The number of anilines is 1. The number of aliphatic hydroxyl groups is 1. The van der Waals surface area contributed by atoms with Gasteiger partial charge >= 0.3 is 0 Å². The van der Waals surface area contributed by atoms with E-state index in [0.717, 1.165) is 29.7 Å². The molecule has 1 aliphatic carbocycles. The van der Waals surface area contributed by atoms with Gasteiger partial charge in [-0.3, -0.25) is 4.79 Å². The first-order valence-corrected chi connectivity index (χ1v) is 15.8. The average Bonchev–Trinajstić information content (AvgIpc) is 3.40. The molecule has 10 nitrogen and oxygen atoms in total. The molecule has 3 N–H and O–H groups in total. The van der Waals surface area contributed by atoms with Gasteiger partial charge in [0.05, 0.1) is 11.8 Å². The average molecular weight is 587 g/mol. The Balaban J connectivity index is 1.55. The zero-order valence-electron chi connectivity index (χ0n) is 20.3. The number of amidine groups is 1. The third-order valence-corrected chi connectivity index (χ3v) is 10.4. The molecule has 0 spiro atoms. The first-order chi connectivity index (χ1) is 17.7. The summed E-state index contributed by atoms with van der Waals surface area (Å²) in [5.74, 6) is -3.56. The zero-order chi connectivity index (χ0) is 27.6. The maximum Gasteiger partial charge on any atom is 0.287 e. The number of amides is 1. The summed E-state index contributed by atoms with van der Waals surface area (Å²) in [5, 5.41) is 15.6. The summed E-state index contributed by atoms with van der Waals surface area (Å²) in [5.41, 5.74) is -0.967. The van der Waals surface area contributed by atoms with Gasteiger partial charge in [-0.05, 0) is 31.2 Å². The molecular weight excluding hydrogens is 562 g/mol. The van der Waals surface area contributed by atoms with Gasteiger partial charge in [0.15, 0.2) is 5.84 Å². The molecule has 3 aliphatic rings. The van der Waals surface area contributed by atoms with Crippen molar-refractivity contribution >= 4 is 48.1 Å². The van der Waals surface area contributed by atoms with Crippen molar-refractivity contribution in [3.05, 3.63) is 57.7 Å². The van der Waals surface area contributed by atoms with Crippen LogP contribution in [0, 0.1) is 17.6 Å². The van der Waals surface area contributed by atoms with E-state index >= 15 is 0 Å². The second-order valence-corrected chi connectivity index (χ2v) is 14.0. The number of nitrogens with zero attached hydrogens (tertiary/aromatic N) is 2. The van der Waals surface area contributed by atoms with Crippen molar-refractivity contribution in [2.45, 2.75) is 49.7 Å². The number of carbonyl (C=O) groups excluding carboxylic acids is 1. The van der Waals surface area contributed by atoms with Crippen molar-refractivity contribution in [1.29, 1.82) is 0 Å². The number of halogens is 2. The lowest BCUT2D eigenvalue weighted by Crippen LogP contribution is -2.57. The highest BCUT2D eigenvalue weighted by atomic mass is 32.2. The minimum atomic E-state index is -4.38. The monoisotopic (exact) mass is 586 g/mol. The number of fused-ring (bicyclic) bond motifs is 2. The van der Waals surface area contributed by atoms with E-state index in [-0.39, 0.29) is 51.3 Å². The molecule has 1 aromatic heterocycles. The van der Waals surface area contributed by atoms with Crippen molar-refractivity contribution in [2.24, 2.45) is 10.3 Å². The van der Waals surface area contributed by atoms with Gasteiger partial charge in [-0.1, -0.05) is 12.5 Å². The number of sulfonamides is 2. The highest BCUT2D eigenvalue weighted by molar-refractivity contribution is 7.91. The predicted molar refractivity (Wildman–Crippen MR) is 137 cm³/mol. The van der Waals surface area contributed by atoms with Crippen LogP contribution in [0.3, 0.4) is 0 Å². The van der Waals surface area contributed by atoms with Crippen LogP contribution in [0.5, 0.6) is 0 Å². The second kappa shape index (κ2) is 9.10. The topological polar surface area (TPSA) is 145 Å². The molecule has 5 rings (SSSR count). The third kappa shape index (κ3) is 4.50. The van der Waals surface area contributed by atoms with Gasteiger partial charge in [-0.2, -0.15) is 8.42 Å². The van der Waals surface area contributed by atoms with Crippen LogP contribution in [0.15, 0.2) is 44.2 Å². The summed E-state index contributed by atoms with van der Waals surface area (Å²) in [4.78, 5) is 15.0. The normalized spacial score (nSPS) is 24.6. The summed E-state index contributed by atoms with van der Waals surface area (Å²) >= 11 is 0.980. The second-order valence-electron chi connectivity index (χ2n) is 9.74. The van der Waals surface area contributed by atoms with Gasteiger partial charge in [0.25, 0.3) is 15.9 Å². The molecule has 204 valence electrons. The number of carbonyl (C=O) groups is 1. The zero-order valence-corrected chi connectivity index (χ0v) is 22.7. The van der Waals surface area contributed by atoms with Crippen LogP contribution in [0.2, 0.25) is 0 Å². The molecule has 2 aliphatic heterocycles. The van der Waals surface area contributed by atoms with Crippen LogP contribution < -0.4 is 10.0 Å². The Morgan fingerprint density at radius 3 is 2.74 bits per heavy atom. The maximum atomic E-state index is 14.5. The Hall–Kier alpha value is -2.88. The Labute approximate surface area is 222 Å². The summed E-state index contributed by atoms with van der Waals surface area (Å²) in [6, 6.07) is 3.05. The molecule has 1 saturated carbocycles. The van der Waals surface area contributed by atoms with Gasteiger partial charge in [0, 0.05) is 36.2 Å². The summed E-state index contributed by atoms with van der Waals surface area (Å²) in [6.07, 6.45) is 2.64. The summed E-state index contributed by atoms with van der Waals surface area (Å²) < 4.78 is 83.4. The number of aliphatic hydroxyl groups excluding tert-OH is 1. The van der Waals surface area contributed by atoms with E-state index in [1.165, 1.54) is 16.3 Å². The summed E-state index contributed by atoms with van der Waals surface area (Å²) in [7, 11) is -7.98. The van der Waals surface area contributed by atoms with Crippen molar-refractivity contribution in [3.63, 3.8) is 0 Å². The van der Waals surface area contributed by atoms with E-state index in [0.29, 0.717) is 19.3 Å². The Morgan fingerprint density at radius 1 is 1.32 bits per heavy atom. The number of nitrogens with one attached hydrogen (secondary N) is 2. The number of hydrogen-bond acceptors (Lipinski definition) is 8. The van der Waals surface area contributed by atoms with Gasteiger partial charge in [0.2, 0.25) is 10.0 Å². The molecule has 2 atom stereocenters. The van der Waals surface area contributed by atoms with E-state index < -0.39 is 49.0 Å². The number of benzene rings is 1. The lowest BCUT2D eigenvalue weighted by molar-refractivity contribution is -0.137. The molecule has 0 radical (unpaired) electrons. The molecule has 1 aromatic carbocycles. The van der Waals surface area contributed by atoms with E-state index in [9.17, 15) is 35.5 Å². The lowest BCUT2D eigenvalue weighted by Gasteiger charge is -2.47.